The van der Waals surface area contributed by atoms with Gasteiger partial charge < -0.3 is 20.1 Å². The highest BCUT2D eigenvalue weighted by Gasteiger charge is 2.14. The highest BCUT2D eigenvalue weighted by Crippen LogP contribution is 2.36. The van der Waals surface area contributed by atoms with Gasteiger partial charge in [0, 0.05) is 34.9 Å². The van der Waals surface area contributed by atoms with Gasteiger partial charge in [-0.15, -0.1) is 0 Å². The Hall–Kier alpha value is -2.21. The Balaban J connectivity index is 2.16. The zero-order chi connectivity index (χ0) is 18.4. The van der Waals surface area contributed by atoms with Gasteiger partial charge in [-0.25, -0.2) is 0 Å². The molecule has 0 saturated carbocycles. The number of carbonyl (C=O) groups excluding carboxylic acids is 1. The first kappa shape index (κ1) is 19.1. The predicted molar refractivity (Wildman–Crippen MR) is 105 cm³/mol. The maximum absolute atomic E-state index is 11.1. The Morgan fingerprint density at radius 1 is 1.16 bits per heavy atom. The van der Waals surface area contributed by atoms with Crippen LogP contribution in [0.1, 0.15) is 26.3 Å². The summed E-state index contributed by atoms with van der Waals surface area (Å²) in [6.07, 6.45) is 0.0470. The maximum atomic E-state index is 11.1. The van der Waals surface area contributed by atoms with Crippen molar-refractivity contribution in [1.82, 2.24) is 0 Å². The van der Waals surface area contributed by atoms with E-state index in [2.05, 4.69) is 26.6 Å². The number of anilines is 2. The van der Waals surface area contributed by atoms with Crippen LogP contribution in [0.2, 0.25) is 0 Å². The van der Waals surface area contributed by atoms with Crippen molar-refractivity contribution in [3.8, 4) is 11.5 Å². The molecule has 6 heteroatoms. The lowest BCUT2D eigenvalue weighted by Crippen LogP contribution is -2.11. The average Bonchev–Trinajstić information content (AvgIpc) is 2.55. The van der Waals surface area contributed by atoms with Crippen molar-refractivity contribution in [2.45, 2.75) is 33.4 Å². The second-order valence-corrected chi connectivity index (χ2v) is 6.79. The molecule has 134 valence electrons. The second-order valence-electron chi connectivity index (χ2n) is 5.87. The van der Waals surface area contributed by atoms with Crippen molar-refractivity contribution < 1.29 is 14.3 Å². The Morgan fingerprint density at radius 2 is 1.80 bits per heavy atom. The molecule has 0 fully saturated rings. The summed E-state index contributed by atoms with van der Waals surface area (Å²) in [6, 6.07) is 11.5. The quantitative estimate of drug-likeness (QED) is 0.691. The standard InChI is InChI=1S/C19H23BrN2O3/c1-12(2)25-19-14(9-15(20)10-18(19)24-4)11-21-16-5-7-17(8-6-16)22-13(3)23/h5-10,12,21H,11H2,1-4H3,(H,22,23). The summed E-state index contributed by atoms with van der Waals surface area (Å²) in [5.74, 6) is 1.35. The third-order valence-electron chi connectivity index (χ3n) is 3.36. The van der Waals surface area contributed by atoms with E-state index in [1.807, 2.05) is 50.2 Å². The summed E-state index contributed by atoms with van der Waals surface area (Å²) >= 11 is 3.51. The van der Waals surface area contributed by atoms with E-state index in [0.717, 1.165) is 27.2 Å². The van der Waals surface area contributed by atoms with Crippen molar-refractivity contribution in [1.29, 1.82) is 0 Å². The van der Waals surface area contributed by atoms with Crippen molar-refractivity contribution in [2.24, 2.45) is 0 Å². The molecule has 25 heavy (non-hydrogen) atoms. The molecule has 0 aliphatic heterocycles. The van der Waals surface area contributed by atoms with Crippen molar-refractivity contribution in [3.63, 3.8) is 0 Å². The van der Waals surface area contributed by atoms with Crippen LogP contribution in [-0.4, -0.2) is 19.1 Å². The molecule has 0 heterocycles. The smallest absolute Gasteiger partial charge is 0.221 e. The van der Waals surface area contributed by atoms with E-state index in [4.69, 9.17) is 9.47 Å². The molecule has 0 aliphatic carbocycles. The molecule has 2 rings (SSSR count). The molecule has 0 atom stereocenters. The van der Waals surface area contributed by atoms with Crippen LogP contribution in [0.3, 0.4) is 0 Å². The minimum atomic E-state index is -0.0857. The highest BCUT2D eigenvalue weighted by molar-refractivity contribution is 9.10. The molecule has 0 aromatic heterocycles. The zero-order valence-electron chi connectivity index (χ0n) is 14.9. The molecule has 0 unspecified atom stereocenters. The molecule has 1 amide bonds. The molecule has 0 bridgehead atoms. The van der Waals surface area contributed by atoms with E-state index >= 15 is 0 Å². The second kappa shape index (κ2) is 8.76. The van der Waals surface area contributed by atoms with Crippen molar-refractivity contribution in [3.05, 3.63) is 46.4 Å². The van der Waals surface area contributed by atoms with E-state index < -0.39 is 0 Å². The summed E-state index contributed by atoms with van der Waals surface area (Å²) < 4.78 is 12.3. The lowest BCUT2D eigenvalue weighted by atomic mass is 10.1. The zero-order valence-corrected chi connectivity index (χ0v) is 16.4. The molecule has 5 nitrogen and oxygen atoms in total. The molecule has 2 aromatic carbocycles. The lowest BCUT2D eigenvalue weighted by Gasteiger charge is -2.19. The number of ether oxygens (including phenoxy) is 2. The van der Waals surface area contributed by atoms with Gasteiger partial charge in [0.15, 0.2) is 11.5 Å². The van der Waals surface area contributed by atoms with Gasteiger partial charge in [0.1, 0.15) is 0 Å². The van der Waals surface area contributed by atoms with Crippen LogP contribution in [0.25, 0.3) is 0 Å². The third kappa shape index (κ3) is 5.67. The Labute approximate surface area is 156 Å². The number of methoxy groups -OCH3 is 1. The van der Waals surface area contributed by atoms with Crippen LogP contribution in [0.15, 0.2) is 40.9 Å². The third-order valence-corrected chi connectivity index (χ3v) is 3.82. The number of rotatable bonds is 7. The number of benzene rings is 2. The van der Waals surface area contributed by atoms with Gasteiger partial charge in [0.25, 0.3) is 0 Å². The topological polar surface area (TPSA) is 59.6 Å². The van der Waals surface area contributed by atoms with Gasteiger partial charge in [0.05, 0.1) is 13.2 Å². The fraction of sp³-hybridized carbons (Fsp3) is 0.316. The van der Waals surface area contributed by atoms with E-state index in [0.29, 0.717) is 12.3 Å². The first-order valence-electron chi connectivity index (χ1n) is 8.03. The highest BCUT2D eigenvalue weighted by atomic mass is 79.9. The molecular weight excluding hydrogens is 384 g/mol. The van der Waals surface area contributed by atoms with Crippen molar-refractivity contribution >= 4 is 33.2 Å². The van der Waals surface area contributed by atoms with Gasteiger partial charge in [-0.1, -0.05) is 15.9 Å². The lowest BCUT2D eigenvalue weighted by molar-refractivity contribution is -0.114. The number of halogens is 1. The first-order valence-corrected chi connectivity index (χ1v) is 8.83. The van der Waals surface area contributed by atoms with Crippen LogP contribution in [0, 0.1) is 0 Å². The summed E-state index contributed by atoms with van der Waals surface area (Å²) in [4.78, 5) is 11.1. The fourth-order valence-corrected chi connectivity index (χ4v) is 2.83. The van der Waals surface area contributed by atoms with Crippen LogP contribution >= 0.6 is 15.9 Å². The van der Waals surface area contributed by atoms with E-state index in [-0.39, 0.29) is 12.0 Å². The Bertz CT molecular complexity index is 730. The van der Waals surface area contributed by atoms with Gasteiger partial charge in [0.2, 0.25) is 5.91 Å². The number of nitrogens with one attached hydrogen (secondary N) is 2. The summed E-state index contributed by atoms with van der Waals surface area (Å²) in [7, 11) is 1.63. The summed E-state index contributed by atoms with van der Waals surface area (Å²) in [5, 5.41) is 6.11. The number of amides is 1. The molecule has 0 radical (unpaired) electrons. The maximum Gasteiger partial charge on any atom is 0.221 e. The number of carbonyl (C=O) groups is 1. The number of hydrogen-bond donors (Lipinski definition) is 2. The molecule has 0 aliphatic rings. The van der Waals surface area contributed by atoms with E-state index in [1.54, 1.807) is 7.11 Å². The molecule has 0 saturated heterocycles. The van der Waals surface area contributed by atoms with Gasteiger partial charge in [-0.2, -0.15) is 0 Å². The van der Waals surface area contributed by atoms with Crippen LogP contribution in [0.4, 0.5) is 11.4 Å². The van der Waals surface area contributed by atoms with Crippen LogP contribution in [-0.2, 0) is 11.3 Å². The minimum absolute atomic E-state index is 0.0470. The molecule has 2 aromatic rings. The van der Waals surface area contributed by atoms with Crippen LogP contribution < -0.4 is 20.1 Å². The fourth-order valence-electron chi connectivity index (χ4n) is 2.35. The van der Waals surface area contributed by atoms with Gasteiger partial charge >= 0.3 is 0 Å². The van der Waals surface area contributed by atoms with E-state index in [1.165, 1.54) is 6.92 Å². The van der Waals surface area contributed by atoms with Gasteiger partial charge in [-0.05, 0) is 50.2 Å². The monoisotopic (exact) mass is 406 g/mol. The Morgan fingerprint density at radius 3 is 2.36 bits per heavy atom. The van der Waals surface area contributed by atoms with Gasteiger partial charge in [-0.3, -0.25) is 4.79 Å². The average molecular weight is 407 g/mol. The van der Waals surface area contributed by atoms with E-state index in [9.17, 15) is 4.79 Å². The SMILES string of the molecule is COc1cc(Br)cc(CNc2ccc(NC(C)=O)cc2)c1OC(C)C. The molecule has 2 N–H and O–H groups in total. The van der Waals surface area contributed by atoms with Crippen molar-refractivity contribution in [2.75, 3.05) is 17.7 Å². The minimum Gasteiger partial charge on any atom is -0.493 e. The normalized spacial score (nSPS) is 10.5. The Kier molecular flexibility index (Phi) is 6.70. The summed E-state index contributed by atoms with van der Waals surface area (Å²) in [6.45, 7) is 6.04. The predicted octanol–water partition coefficient (Wildman–Crippen LogP) is 4.82. The summed E-state index contributed by atoms with van der Waals surface area (Å²) in [5.41, 5.74) is 2.71. The van der Waals surface area contributed by atoms with Crippen LogP contribution in [0.5, 0.6) is 11.5 Å². The largest absolute Gasteiger partial charge is 0.493 e. The first-order chi connectivity index (χ1) is 11.9. The molecule has 0 spiro atoms. The molecular formula is C19H23BrN2O3. The number of hydrogen-bond acceptors (Lipinski definition) is 4.